The standard InChI is InChI=1S/C20H29NO6/c1-13-7-9-20(10-8-13,19(23)24)21-17(22)6-5-14-11-15(25-2)18(27-4)16(12-14)26-3/h11-13H,5-10H2,1-4H3,(H,21,22)(H,23,24). The first-order valence-corrected chi connectivity index (χ1v) is 9.18. The largest absolute Gasteiger partial charge is 0.493 e. The maximum atomic E-state index is 12.4. The topological polar surface area (TPSA) is 94.1 Å². The number of carboxylic acid groups (broad SMARTS) is 1. The van der Waals surface area contributed by atoms with Gasteiger partial charge in [-0.05, 0) is 55.7 Å². The van der Waals surface area contributed by atoms with Crippen molar-refractivity contribution in [2.45, 2.75) is 51.0 Å². The molecule has 0 spiro atoms. The van der Waals surface area contributed by atoms with Crippen LogP contribution in [0.3, 0.4) is 0 Å². The molecule has 7 heteroatoms. The molecular weight excluding hydrogens is 350 g/mol. The van der Waals surface area contributed by atoms with Crippen LogP contribution in [0.1, 0.15) is 44.6 Å². The van der Waals surface area contributed by atoms with E-state index in [0.29, 0.717) is 42.4 Å². The number of methoxy groups -OCH3 is 3. The molecule has 1 saturated carbocycles. The van der Waals surface area contributed by atoms with E-state index >= 15 is 0 Å². The molecular formula is C20H29NO6. The number of ether oxygens (including phenoxy) is 3. The lowest BCUT2D eigenvalue weighted by Gasteiger charge is -2.36. The van der Waals surface area contributed by atoms with Crippen molar-refractivity contribution in [2.24, 2.45) is 5.92 Å². The second-order valence-corrected chi connectivity index (χ2v) is 7.15. The minimum atomic E-state index is -1.14. The Morgan fingerprint density at radius 1 is 1.11 bits per heavy atom. The summed E-state index contributed by atoms with van der Waals surface area (Å²) in [4.78, 5) is 24.2. The minimum absolute atomic E-state index is 0.184. The van der Waals surface area contributed by atoms with E-state index < -0.39 is 11.5 Å². The maximum absolute atomic E-state index is 12.4. The van der Waals surface area contributed by atoms with Gasteiger partial charge in [-0.25, -0.2) is 4.79 Å². The molecule has 1 amide bonds. The molecule has 0 bridgehead atoms. The van der Waals surface area contributed by atoms with Crippen LogP contribution in [0.5, 0.6) is 17.2 Å². The molecule has 0 unspecified atom stereocenters. The van der Waals surface area contributed by atoms with E-state index in [0.717, 1.165) is 18.4 Å². The van der Waals surface area contributed by atoms with E-state index in [1.54, 1.807) is 12.1 Å². The molecule has 2 rings (SSSR count). The van der Waals surface area contributed by atoms with E-state index in [1.807, 2.05) is 0 Å². The van der Waals surface area contributed by atoms with Crippen LogP contribution in [0, 0.1) is 5.92 Å². The molecule has 27 heavy (non-hydrogen) atoms. The van der Waals surface area contributed by atoms with E-state index in [9.17, 15) is 14.7 Å². The Labute approximate surface area is 160 Å². The zero-order valence-corrected chi connectivity index (χ0v) is 16.5. The third kappa shape index (κ3) is 4.84. The number of carboxylic acids is 1. The van der Waals surface area contributed by atoms with E-state index in [4.69, 9.17) is 14.2 Å². The molecule has 1 aliphatic rings. The number of nitrogens with one attached hydrogen (secondary N) is 1. The molecule has 1 fully saturated rings. The average Bonchev–Trinajstić information content (AvgIpc) is 2.67. The highest BCUT2D eigenvalue weighted by Gasteiger charge is 2.42. The zero-order chi connectivity index (χ0) is 20.0. The molecule has 1 aliphatic carbocycles. The molecule has 2 N–H and O–H groups in total. The Balaban J connectivity index is 2.05. The summed E-state index contributed by atoms with van der Waals surface area (Å²) in [6.45, 7) is 2.11. The lowest BCUT2D eigenvalue weighted by atomic mass is 9.77. The molecule has 150 valence electrons. The first-order valence-electron chi connectivity index (χ1n) is 9.18. The van der Waals surface area contributed by atoms with Crippen molar-refractivity contribution in [2.75, 3.05) is 21.3 Å². The Morgan fingerprint density at radius 2 is 1.67 bits per heavy atom. The van der Waals surface area contributed by atoms with Crippen molar-refractivity contribution in [3.63, 3.8) is 0 Å². The summed E-state index contributed by atoms with van der Waals surface area (Å²) >= 11 is 0. The lowest BCUT2D eigenvalue weighted by molar-refractivity contribution is -0.149. The number of hydrogen-bond donors (Lipinski definition) is 2. The van der Waals surface area contributed by atoms with Crippen LogP contribution in [0.15, 0.2) is 12.1 Å². The molecule has 0 radical (unpaired) electrons. The Hall–Kier alpha value is -2.44. The highest BCUT2D eigenvalue weighted by atomic mass is 16.5. The fourth-order valence-electron chi connectivity index (χ4n) is 3.51. The van der Waals surface area contributed by atoms with Crippen molar-refractivity contribution in [3.05, 3.63) is 17.7 Å². The number of benzene rings is 1. The molecule has 1 aromatic rings. The van der Waals surface area contributed by atoms with Gasteiger partial charge in [0.2, 0.25) is 11.7 Å². The number of rotatable bonds is 8. The Kier molecular flexibility index (Phi) is 6.93. The van der Waals surface area contributed by atoms with E-state index in [2.05, 4.69) is 12.2 Å². The summed E-state index contributed by atoms with van der Waals surface area (Å²) in [5.41, 5.74) is -0.292. The first kappa shape index (κ1) is 20.9. The molecule has 0 atom stereocenters. The minimum Gasteiger partial charge on any atom is -0.493 e. The van der Waals surface area contributed by atoms with Gasteiger partial charge in [-0.3, -0.25) is 4.79 Å². The van der Waals surface area contributed by atoms with Gasteiger partial charge in [-0.2, -0.15) is 0 Å². The molecule has 0 aromatic heterocycles. The molecule has 0 heterocycles. The third-order valence-corrected chi connectivity index (χ3v) is 5.28. The van der Waals surface area contributed by atoms with Crippen LogP contribution in [0.2, 0.25) is 0 Å². The highest BCUT2D eigenvalue weighted by Crippen LogP contribution is 2.38. The second-order valence-electron chi connectivity index (χ2n) is 7.15. The van der Waals surface area contributed by atoms with Gasteiger partial charge >= 0.3 is 5.97 Å². The summed E-state index contributed by atoms with van der Waals surface area (Å²) < 4.78 is 15.9. The van der Waals surface area contributed by atoms with Gasteiger partial charge in [0, 0.05) is 6.42 Å². The van der Waals surface area contributed by atoms with Crippen LogP contribution in [-0.2, 0) is 16.0 Å². The van der Waals surface area contributed by atoms with E-state index in [-0.39, 0.29) is 12.3 Å². The smallest absolute Gasteiger partial charge is 0.329 e. The van der Waals surface area contributed by atoms with Gasteiger partial charge in [-0.1, -0.05) is 6.92 Å². The monoisotopic (exact) mass is 379 g/mol. The van der Waals surface area contributed by atoms with Crippen molar-refractivity contribution in [1.82, 2.24) is 5.32 Å². The number of aryl methyl sites for hydroxylation is 1. The van der Waals surface area contributed by atoms with Gasteiger partial charge in [-0.15, -0.1) is 0 Å². The van der Waals surface area contributed by atoms with E-state index in [1.165, 1.54) is 21.3 Å². The van der Waals surface area contributed by atoms with Crippen molar-refractivity contribution in [1.29, 1.82) is 0 Å². The number of amides is 1. The van der Waals surface area contributed by atoms with Crippen LogP contribution in [-0.4, -0.2) is 43.9 Å². The van der Waals surface area contributed by atoms with Crippen LogP contribution < -0.4 is 19.5 Å². The summed E-state index contributed by atoms with van der Waals surface area (Å²) in [6.07, 6.45) is 3.18. The van der Waals surface area contributed by atoms with Gasteiger partial charge < -0.3 is 24.6 Å². The highest BCUT2D eigenvalue weighted by molar-refractivity contribution is 5.87. The fourth-order valence-corrected chi connectivity index (χ4v) is 3.51. The van der Waals surface area contributed by atoms with Crippen LogP contribution in [0.4, 0.5) is 0 Å². The predicted molar refractivity (Wildman–Crippen MR) is 101 cm³/mol. The Bertz CT molecular complexity index is 654. The number of hydrogen-bond acceptors (Lipinski definition) is 5. The van der Waals surface area contributed by atoms with Gasteiger partial charge in [0.05, 0.1) is 21.3 Å². The number of carbonyl (C=O) groups excluding carboxylic acids is 1. The number of aliphatic carboxylic acids is 1. The van der Waals surface area contributed by atoms with Gasteiger partial charge in [0.1, 0.15) is 5.54 Å². The number of carbonyl (C=O) groups is 2. The lowest BCUT2D eigenvalue weighted by Crippen LogP contribution is -2.56. The summed E-state index contributed by atoms with van der Waals surface area (Å²) in [6, 6.07) is 3.59. The van der Waals surface area contributed by atoms with Gasteiger partial charge in [0.15, 0.2) is 11.5 Å². The maximum Gasteiger partial charge on any atom is 0.329 e. The average molecular weight is 379 g/mol. The molecule has 1 aromatic carbocycles. The summed E-state index contributed by atoms with van der Waals surface area (Å²) in [5.74, 6) is 0.824. The second kappa shape index (κ2) is 8.97. The molecule has 7 nitrogen and oxygen atoms in total. The quantitative estimate of drug-likeness (QED) is 0.721. The first-order chi connectivity index (χ1) is 12.8. The SMILES string of the molecule is COc1cc(CCC(=O)NC2(C(=O)O)CCC(C)CC2)cc(OC)c1OC. The van der Waals surface area contributed by atoms with Gasteiger partial charge in [0.25, 0.3) is 0 Å². The van der Waals surface area contributed by atoms with Crippen molar-refractivity contribution in [3.8, 4) is 17.2 Å². The third-order valence-electron chi connectivity index (χ3n) is 5.28. The van der Waals surface area contributed by atoms with Crippen molar-refractivity contribution >= 4 is 11.9 Å². The zero-order valence-electron chi connectivity index (χ0n) is 16.5. The molecule has 0 aliphatic heterocycles. The summed E-state index contributed by atoms with van der Waals surface area (Å²) in [5, 5.41) is 12.4. The predicted octanol–water partition coefficient (Wildman–Crippen LogP) is 2.79. The summed E-state index contributed by atoms with van der Waals surface area (Å²) in [7, 11) is 4.60. The van der Waals surface area contributed by atoms with Crippen LogP contribution in [0.25, 0.3) is 0 Å². The fraction of sp³-hybridized carbons (Fsp3) is 0.600. The normalized spacial score (nSPS) is 22.0. The van der Waals surface area contributed by atoms with Crippen molar-refractivity contribution < 1.29 is 28.9 Å². The Morgan fingerprint density at radius 3 is 2.11 bits per heavy atom. The molecule has 0 saturated heterocycles. The van der Waals surface area contributed by atoms with Crippen LogP contribution >= 0.6 is 0 Å².